The van der Waals surface area contributed by atoms with Crippen molar-refractivity contribution in [3.05, 3.63) is 75.5 Å². The molecule has 54 heavy (non-hydrogen) atoms. The van der Waals surface area contributed by atoms with Gasteiger partial charge < -0.3 is 20.3 Å². The highest BCUT2D eigenvalue weighted by Gasteiger charge is 2.45. The van der Waals surface area contributed by atoms with Crippen molar-refractivity contribution in [2.45, 2.75) is 63.3 Å². The lowest BCUT2D eigenvalue weighted by Gasteiger charge is -2.30. The molecule has 7 rings (SSSR count). The first-order valence-electron chi connectivity index (χ1n) is 18.3. The SMILES string of the molecule is COc1cc2nc([C@H]3CC[C@H](CN(C)CCCCNc4cccc5c4C(=O)N(C4CCC(=O)NC4=O)C5=O)CC3)sc2cc1NC(=O)c1cncc(Cl)c1. The van der Waals surface area contributed by atoms with Crippen LogP contribution in [0.15, 0.2) is 48.8 Å². The molecule has 0 spiro atoms. The van der Waals surface area contributed by atoms with Crippen LogP contribution in [0.4, 0.5) is 11.4 Å². The minimum absolute atomic E-state index is 0.0854. The molecule has 1 atom stereocenters. The lowest BCUT2D eigenvalue weighted by atomic mass is 9.82. The summed E-state index contributed by atoms with van der Waals surface area (Å²) in [5.74, 6) is -0.790. The number of unbranched alkanes of at least 4 members (excludes halogenated alkanes) is 1. The first kappa shape index (κ1) is 37.4. The molecule has 2 aromatic carbocycles. The zero-order chi connectivity index (χ0) is 37.9. The van der Waals surface area contributed by atoms with Gasteiger partial charge in [-0.05, 0) is 88.7 Å². The quantitative estimate of drug-likeness (QED) is 0.107. The number of imide groups is 2. The smallest absolute Gasteiger partial charge is 0.264 e. The molecule has 4 heterocycles. The summed E-state index contributed by atoms with van der Waals surface area (Å²) in [5.41, 5.74) is 2.93. The fourth-order valence-corrected chi connectivity index (χ4v) is 8.99. The Bertz CT molecular complexity index is 2120. The van der Waals surface area contributed by atoms with Crippen molar-refractivity contribution in [3.63, 3.8) is 0 Å². The molecule has 1 aliphatic carbocycles. The van der Waals surface area contributed by atoms with Crippen LogP contribution in [0, 0.1) is 5.92 Å². The summed E-state index contributed by atoms with van der Waals surface area (Å²) in [6.07, 6.45) is 9.43. The minimum atomic E-state index is -0.985. The van der Waals surface area contributed by atoms with Crippen LogP contribution < -0.4 is 20.7 Å². The fraction of sp³-hybridized carbons (Fsp3) is 0.410. The zero-order valence-electron chi connectivity index (χ0n) is 30.2. The van der Waals surface area contributed by atoms with E-state index < -0.39 is 29.7 Å². The fourth-order valence-electron chi connectivity index (χ4n) is 7.66. The predicted octanol–water partition coefficient (Wildman–Crippen LogP) is 6.10. The number of thiazole rings is 1. The van der Waals surface area contributed by atoms with Crippen molar-refractivity contribution >= 4 is 74.1 Å². The van der Waals surface area contributed by atoms with Gasteiger partial charge in [0.15, 0.2) is 0 Å². The van der Waals surface area contributed by atoms with Gasteiger partial charge in [-0.15, -0.1) is 11.3 Å². The summed E-state index contributed by atoms with van der Waals surface area (Å²) in [4.78, 5) is 75.7. The van der Waals surface area contributed by atoms with Gasteiger partial charge in [-0.2, -0.15) is 0 Å². The number of carbonyl (C=O) groups is 5. The molecule has 0 radical (unpaired) electrons. The van der Waals surface area contributed by atoms with Gasteiger partial charge in [0.2, 0.25) is 11.8 Å². The van der Waals surface area contributed by atoms with E-state index in [1.165, 1.54) is 12.4 Å². The van der Waals surface area contributed by atoms with E-state index in [1.54, 1.807) is 42.7 Å². The predicted molar refractivity (Wildman–Crippen MR) is 206 cm³/mol. The normalized spacial score (nSPS) is 20.0. The summed E-state index contributed by atoms with van der Waals surface area (Å²) < 4.78 is 6.58. The number of nitrogens with one attached hydrogen (secondary N) is 3. The first-order chi connectivity index (χ1) is 26.1. The maximum Gasteiger partial charge on any atom is 0.264 e. The molecule has 5 amide bonds. The lowest BCUT2D eigenvalue weighted by Crippen LogP contribution is -2.54. The maximum absolute atomic E-state index is 13.3. The number of halogens is 1. The monoisotopic (exact) mass is 771 g/mol. The average molecular weight is 772 g/mol. The Kier molecular flexibility index (Phi) is 11.2. The van der Waals surface area contributed by atoms with Gasteiger partial charge in [0.05, 0.1) is 49.7 Å². The highest BCUT2D eigenvalue weighted by Crippen LogP contribution is 2.41. The van der Waals surface area contributed by atoms with E-state index in [0.29, 0.717) is 46.1 Å². The molecule has 1 unspecified atom stereocenters. The third-order valence-corrected chi connectivity index (χ3v) is 11.8. The Hall–Kier alpha value is -4.92. The number of methoxy groups -OCH3 is 1. The number of hydrogen-bond donors (Lipinski definition) is 3. The average Bonchev–Trinajstić information content (AvgIpc) is 3.69. The molecule has 0 bridgehead atoms. The van der Waals surface area contributed by atoms with Crippen LogP contribution in [0.1, 0.15) is 93.4 Å². The molecule has 2 aliphatic heterocycles. The second-order valence-electron chi connectivity index (χ2n) is 14.2. The molecule has 2 fully saturated rings. The Morgan fingerprint density at radius 2 is 1.85 bits per heavy atom. The number of hydrogen-bond acceptors (Lipinski definition) is 11. The number of aromatic nitrogens is 2. The molecule has 4 aromatic rings. The third-order valence-electron chi connectivity index (χ3n) is 10.5. The van der Waals surface area contributed by atoms with Crippen LogP contribution in [-0.4, -0.2) is 89.1 Å². The van der Waals surface area contributed by atoms with Gasteiger partial charge in [0.1, 0.15) is 11.8 Å². The summed E-state index contributed by atoms with van der Waals surface area (Å²) in [7, 11) is 3.74. The van der Waals surface area contributed by atoms with E-state index in [0.717, 1.165) is 71.7 Å². The molecule has 15 heteroatoms. The van der Waals surface area contributed by atoms with Crippen molar-refractivity contribution in [2.75, 3.05) is 44.4 Å². The number of fused-ring (bicyclic) bond motifs is 2. The van der Waals surface area contributed by atoms with Gasteiger partial charge in [-0.25, -0.2) is 4.98 Å². The number of ether oxygens (including phenoxy) is 1. The molecule has 1 saturated heterocycles. The molecule has 13 nitrogen and oxygen atoms in total. The maximum atomic E-state index is 13.3. The second kappa shape index (κ2) is 16.2. The van der Waals surface area contributed by atoms with Gasteiger partial charge in [-0.1, -0.05) is 17.7 Å². The van der Waals surface area contributed by atoms with E-state index in [-0.39, 0.29) is 29.9 Å². The van der Waals surface area contributed by atoms with Gasteiger partial charge >= 0.3 is 0 Å². The molecule has 2 aromatic heterocycles. The van der Waals surface area contributed by atoms with Crippen molar-refractivity contribution in [1.29, 1.82) is 0 Å². The van der Waals surface area contributed by atoms with Gasteiger partial charge in [0.25, 0.3) is 17.7 Å². The number of anilines is 2. The molecule has 1 saturated carbocycles. The minimum Gasteiger partial charge on any atom is -0.494 e. The van der Waals surface area contributed by atoms with Crippen molar-refractivity contribution in [2.24, 2.45) is 5.92 Å². The summed E-state index contributed by atoms with van der Waals surface area (Å²) >= 11 is 7.70. The van der Waals surface area contributed by atoms with Gasteiger partial charge in [0, 0.05) is 49.6 Å². The number of piperidine rings is 1. The van der Waals surface area contributed by atoms with Gasteiger partial charge in [-0.3, -0.25) is 39.2 Å². The molecule has 3 N–H and O–H groups in total. The van der Waals surface area contributed by atoms with E-state index >= 15 is 0 Å². The van der Waals surface area contributed by atoms with E-state index in [4.69, 9.17) is 21.3 Å². The second-order valence-corrected chi connectivity index (χ2v) is 15.7. The molecular weight excluding hydrogens is 730 g/mol. The van der Waals surface area contributed by atoms with Crippen molar-refractivity contribution < 1.29 is 28.7 Å². The number of carbonyl (C=O) groups excluding carboxylic acids is 5. The van der Waals surface area contributed by atoms with E-state index in [1.807, 2.05) is 12.1 Å². The highest BCUT2D eigenvalue weighted by molar-refractivity contribution is 7.18. The molecule has 282 valence electrons. The number of nitrogens with zero attached hydrogens (tertiary/aromatic N) is 4. The van der Waals surface area contributed by atoms with Crippen LogP contribution in [0.3, 0.4) is 0 Å². The third kappa shape index (κ3) is 7.96. The number of benzene rings is 2. The standard InChI is InChI=1S/C39H42ClN7O6S/c1-46(15-4-3-14-42-27-7-5-6-26-34(27)39(52)47(38(26)51)30-12-13-33(48)45-36(30)50)21-22-8-10-23(11-9-22)37-44-29-17-31(53-2)28(18-32(29)54-37)43-35(49)24-16-25(40)20-41-19-24/h5-7,16-20,22-23,30,42H,3-4,8-15,21H2,1-2H3,(H,43,49)(H,45,48,50)/t22-,23-,30?. The Balaban J connectivity index is 0.859. The largest absolute Gasteiger partial charge is 0.494 e. The van der Waals surface area contributed by atoms with Crippen LogP contribution >= 0.6 is 22.9 Å². The summed E-state index contributed by atoms with van der Waals surface area (Å²) in [6.45, 7) is 2.61. The van der Waals surface area contributed by atoms with Crippen molar-refractivity contribution in [1.82, 2.24) is 25.1 Å². The number of amides is 5. The van der Waals surface area contributed by atoms with E-state index in [9.17, 15) is 24.0 Å². The zero-order valence-corrected chi connectivity index (χ0v) is 31.7. The van der Waals surface area contributed by atoms with Crippen LogP contribution in [0.5, 0.6) is 5.75 Å². The Labute approximate surface area is 321 Å². The van der Waals surface area contributed by atoms with Crippen LogP contribution in [0.25, 0.3) is 10.2 Å². The molecular formula is C39H42ClN7O6S. The summed E-state index contributed by atoms with van der Waals surface area (Å²) in [5, 5.41) is 10.0. The number of rotatable bonds is 13. The first-order valence-corrected chi connectivity index (χ1v) is 19.5. The number of pyridine rings is 1. The molecule has 3 aliphatic rings. The Morgan fingerprint density at radius 1 is 1.04 bits per heavy atom. The highest BCUT2D eigenvalue weighted by atomic mass is 35.5. The van der Waals surface area contributed by atoms with Crippen LogP contribution in [-0.2, 0) is 9.59 Å². The van der Waals surface area contributed by atoms with Crippen LogP contribution in [0.2, 0.25) is 5.02 Å². The topological polar surface area (TPSA) is 163 Å². The Morgan fingerprint density at radius 3 is 2.61 bits per heavy atom. The van der Waals surface area contributed by atoms with Crippen molar-refractivity contribution in [3.8, 4) is 5.75 Å². The lowest BCUT2D eigenvalue weighted by molar-refractivity contribution is -0.136. The van der Waals surface area contributed by atoms with E-state index in [2.05, 4.69) is 32.9 Å². The summed E-state index contributed by atoms with van der Waals surface area (Å²) in [6, 6.07) is 9.51.